The second-order valence-corrected chi connectivity index (χ2v) is 11.3. The Bertz CT molecular complexity index is 674. The van der Waals surface area contributed by atoms with Crippen LogP contribution in [0.4, 0.5) is 0 Å². The van der Waals surface area contributed by atoms with Gasteiger partial charge in [-0.15, -0.1) is 0 Å². The Kier molecular flexibility index (Phi) is 3.75. The van der Waals surface area contributed by atoms with Crippen molar-refractivity contribution in [1.82, 2.24) is 9.97 Å². The molecular weight excluding hydrogens is 284 g/mol. The highest BCUT2D eigenvalue weighted by atomic mass is 28.3. The molecule has 0 atom stereocenters. The Labute approximate surface area is 133 Å². The normalized spacial score (nSPS) is 12.3. The van der Waals surface area contributed by atoms with Crippen molar-refractivity contribution < 1.29 is 0 Å². The van der Waals surface area contributed by atoms with Crippen molar-refractivity contribution in [3.63, 3.8) is 0 Å². The third-order valence-electron chi connectivity index (χ3n) is 4.39. The topological polar surface area (TPSA) is 28.7 Å². The highest BCUT2D eigenvalue weighted by Crippen LogP contribution is 2.34. The number of nitrogens with one attached hydrogen (secondary N) is 1. The van der Waals surface area contributed by atoms with Crippen molar-refractivity contribution in [1.29, 1.82) is 0 Å². The smallest absolute Gasteiger partial charge is 0.198 e. The Hall–Kier alpha value is -2.13. The van der Waals surface area contributed by atoms with E-state index in [1.165, 1.54) is 10.4 Å². The van der Waals surface area contributed by atoms with Gasteiger partial charge in [-0.2, -0.15) is 0 Å². The molecule has 2 nitrogen and oxygen atoms in total. The van der Waals surface area contributed by atoms with E-state index in [1.807, 2.05) is 12.4 Å². The monoisotopic (exact) mass is 306 g/mol. The predicted molar refractivity (Wildman–Crippen MR) is 95.8 cm³/mol. The van der Waals surface area contributed by atoms with E-state index >= 15 is 0 Å². The highest BCUT2D eigenvalue weighted by Gasteiger charge is 2.51. The fraction of sp³-hybridized carbons (Fsp3) is 0.211. The lowest BCUT2D eigenvalue weighted by Gasteiger charge is -2.42. The van der Waals surface area contributed by atoms with Crippen LogP contribution in [0.25, 0.3) is 0 Å². The van der Waals surface area contributed by atoms with Gasteiger partial charge in [-0.3, -0.25) is 0 Å². The van der Waals surface area contributed by atoms with Gasteiger partial charge in [0.05, 0.1) is 5.45 Å². The summed E-state index contributed by atoms with van der Waals surface area (Å²) in [5, 5.41) is 2.88. The van der Waals surface area contributed by atoms with Gasteiger partial charge < -0.3 is 4.98 Å². The average Bonchev–Trinajstić information content (AvgIpc) is 3.03. The number of rotatable bonds is 3. The second-order valence-electron chi connectivity index (χ2n) is 6.67. The molecule has 3 heteroatoms. The maximum atomic E-state index is 4.71. The Morgan fingerprint density at radius 2 is 1.32 bits per heavy atom. The first kappa shape index (κ1) is 14.8. The second kappa shape index (κ2) is 5.58. The summed E-state index contributed by atoms with van der Waals surface area (Å²) in [6.07, 6.45) is 3.81. The molecule has 22 heavy (non-hydrogen) atoms. The molecule has 0 amide bonds. The zero-order valence-corrected chi connectivity index (χ0v) is 14.4. The molecule has 0 aliphatic heterocycles. The summed E-state index contributed by atoms with van der Waals surface area (Å²) in [6.45, 7) is 7.01. The third kappa shape index (κ3) is 2.22. The molecule has 0 radical (unpaired) electrons. The minimum absolute atomic E-state index is 0.0908. The number of aromatic nitrogens is 2. The molecule has 0 spiro atoms. The minimum atomic E-state index is -2.24. The van der Waals surface area contributed by atoms with Gasteiger partial charge in [0.1, 0.15) is 0 Å². The SMILES string of the molecule is CC(C)(C)[Si](c1ccccc1)(c1ccccc1)c1ncc[nH]1. The number of imidazole rings is 1. The average molecular weight is 306 g/mol. The molecule has 0 saturated carbocycles. The Morgan fingerprint density at radius 3 is 1.68 bits per heavy atom. The maximum Gasteiger partial charge on any atom is 0.198 e. The molecule has 2 aromatic carbocycles. The zero-order valence-electron chi connectivity index (χ0n) is 13.4. The van der Waals surface area contributed by atoms with Gasteiger partial charge in [-0.1, -0.05) is 81.4 Å². The number of H-pyrrole nitrogens is 1. The van der Waals surface area contributed by atoms with Crippen LogP contribution in [0.5, 0.6) is 0 Å². The van der Waals surface area contributed by atoms with Crippen molar-refractivity contribution in [2.75, 3.05) is 0 Å². The molecule has 1 N–H and O–H groups in total. The van der Waals surface area contributed by atoms with Crippen LogP contribution in [0.2, 0.25) is 5.04 Å². The first-order chi connectivity index (χ1) is 10.6. The van der Waals surface area contributed by atoms with Gasteiger partial charge in [0.2, 0.25) is 0 Å². The van der Waals surface area contributed by atoms with Crippen LogP contribution < -0.4 is 15.8 Å². The predicted octanol–water partition coefficient (Wildman–Crippen LogP) is 2.68. The number of nitrogens with zero attached hydrogens (tertiary/aromatic N) is 1. The van der Waals surface area contributed by atoms with Gasteiger partial charge >= 0.3 is 0 Å². The molecule has 0 unspecified atom stereocenters. The molecule has 0 fully saturated rings. The van der Waals surface area contributed by atoms with Crippen LogP contribution in [0.15, 0.2) is 73.1 Å². The lowest BCUT2D eigenvalue weighted by Crippen LogP contribution is -2.73. The van der Waals surface area contributed by atoms with E-state index in [0.717, 1.165) is 5.45 Å². The molecular formula is C19H22N2Si. The minimum Gasteiger partial charge on any atom is -0.352 e. The Morgan fingerprint density at radius 1 is 0.818 bits per heavy atom. The van der Waals surface area contributed by atoms with Crippen LogP contribution in [-0.4, -0.2) is 18.0 Å². The summed E-state index contributed by atoms with van der Waals surface area (Å²) >= 11 is 0. The molecule has 112 valence electrons. The Balaban J connectivity index is 2.39. The quantitative estimate of drug-likeness (QED) is 0.741. The molecule has 3 rings (SSSR count). The molecule has 0 aliphatic carbocycles. The fourth-order valence-corrected chi connectivity index (χ4v) is 8.78. The standard InChI is InChI=1S/C19H22N2Si/c1-19(2,3)22(18-20-14-15-21-18,16-10-6-4-7-11-16)17-12-8-5-9-13-17/h4-15H,1-3H3,(H,20,21). The summed E-state index contributed by atoms with van der Waals surface area (Å²) < 4.78 is 0. The largest absolute Gasteiger partial charge is 0.352 e. The van der Waals surface area contributed by atoms with Crippen LogP contribution in [0.3, 0.4) is 0 Å². The number of hydrogen-bond donors (Lipinski definition) is 1. The molecule has 1 aromatic heterocycles. The molecule has 3 aromatic rings. The summed E-state index contributed by atoms with van der Waals surface area (Å²) in [5.74, 6) is 0. The van der Waals surface area contributed by atoms with Gasteiger partial charge in [-0.05, 0) is 15.4 Å². The van der Waals surface area contributed by atoms with Gasteiger partial charge in [0.25, 0.3) is 0 Å². The number of benzene rings is 2. The summed E-state index contributed by atoms with van der Waals surface area (Å²) in [6, 6.07) is 21.7. The van der Waals surface area contributed by atoms with Crippen LogP contribution >= 0.6 is 0 Å². The van der Waals surface area contributed by atoms with Crippen LogP contribution in [-0.2, 0) is 0 Å². The fourth-order valence-electron chi connectivity index (χ4n) is 3.51. The molecule has 1 heterocycles. The summed E-state index contributed by atoms with van der Waals surface area (Å²) in [7, 11) is -2.24. The molecule has 0 bridgehead atoms. The van der Waals surface area contributed by atoms with E-state index in [-0.39, 0.29) is 5.04 Å². The van der Waals surface area contributed by atoms with Gasteiger partial charge in [0.15, 0.2) is 8.07 Å². The highest BCUT2D eigenvalue weighted by molar-refractivity contribution is 7.12. The van der Waals surface area contributed by atoms with E-state index in [2.05, 4.69) is 86.4 Å². The number of hydrogen-bond acceptors (Lipinski definition) is 1. The van der Waals surface area contributed by atoms with Crippen molar-refractivity contribution in [3.8, 4) is 0 Å². The third-order valence-corrected chi connectivity index (χ3v) is 10.0. The van der Waals surface area contributed by atoms with E-state index < -0.39 is 8.07 Å². The van der Waals surface area contributed by atoms with Crippen LogP contribution in [0.1, 0.15) is 20.8 Å². The van der Waals surface area contributed by atoms with Crippen LogP contribution in [0, 0.1) is 0 Å². The first-order valence-corrected chi connectivity index (χ1v) is 9.68. The van der Waals surface area contributed by atoms with Crippen molar-refractivity contribution in [2.45, 2.75) is 25.8 Å². The van der Waals surface area contributed by atoms with E-state index in [0.29, 0.717) is 0 Å². The van der Waals surface area contributed by atoms with E-state index in [1.54, 1.807) is 0 Å². The lowest BCUT2D eigenvalue weighted by atomic mass is 10.2. The van der Waals surface area contributed by atoms with Crippen molar-refractivity contribution in [3.05, 3.63) is 73.1 Å². The van der Waals surface area contributed by atoms with Crippen molar-refractivity contribution in [2.24, 2.45) is 0 Å². The lowest BCUT2D eigenvalue weighted by molar-refractivity contribution is 0.737. The molecule has 0 aliphatic rings. The summed E-state index contributed by atoms with van der Waals surface area (Å²) in [4.78, 5) is 8.15. The first-order valence-electron chi connectivity index (χ1n) is 7.68. The van der Waals surface area contributed by atoms with Crippen molar-refractivity contribution >= 4 is 23.9 Å². The number of aromatic amines is 1. The maximum absolute atomic E-state index is 4.71. The van der Waals surface area contributed by atoms with Gasteiger partial charge in [0, 0.05) is 12.4 Å². The summed E-state index contributed by atoms with van der Waals surface area (Å²) in [5.41, 5.74) is 1.12. The molecule has 0 saturated heterocycles. The zero-order chi connectivity index (χ0) is 15.6. The van der Waals surface area contributed by atoms with Gasteiger partial charge in [-0.25, -0.2) is 4.98 Å². The van der Waals surface area contributed by atoms with E-state index in [4.69, 9.17) is 4.98 Å². The van der Waals surface area contributed by atoms with E-state index in [9.17, 15) is 0 Å².